The molecule has 128 valence electrons. The molecule has 22 heavy (non-hydrogen) atoms. The van der Waals surface area contributed by atoms with E-state index in [0.29, 0.717) is 12.8 Å². The molecule has 0 aromatic carbocycles. The third-order valence-electron chi connectivity index (χ3n) is 6.31. The molecule has 1 heterocycles. The molecule has 1 saturated heterocycles. The van der Waals surface area contributed by atoms with Gasteiger partial charge in [-0.15, -0.1) is 0 Å². The quantitative estimate of drug-likeness (QED) is 0.577. The van der Waals surface area contributed by atoms with E-state index in [2.05, 4.69) is 0 Å². The summed E-state index contributed by atoms with van der Waals surface area (Å²) in [4.78, 5) is 1.11. The first-order valence-electron chi connectivity index (χ1n) is 7.85. The molecule has 2 atom stereocenters. The van der Waals surface area contributed by atoms with Crippen LogP contribution in [0.2, 0.25) is 0 Å². The van der Waals surface area contributed by atoms with Crippen molar-refractivity contribution in [3.05, 3.63) is 0 Å². The Labute approximate surface area is 128 Å². The van der Waals surface area contributed by atoms with Crippen LogP contribution in [0.4, 0.5) is 8.78 Å². The molecule has 0 aromatic heterocycles. The summed E-state index contributed by atoms with van der Waals surface area (Å²) < 4.78 is 26.6. The fourth-order valence-electron chi connectivity index (χ4n) is 4.35. The van der Waals surface area contributed by atoms with Crippen molar-refractivity contribution in [2.75, 3.05) is 6.54 Å². The molecular weight excluding hydrogens is 296 g/mol. The second-order valence-corrected chi connectivity index (χ2v) is 7.96. The standard InChI is InChI=1S/C15H25F2NO4/c1-9(2)15(21,22)11(3)12(4-5-12)8-14(19,20)18(11)7-10-6-13(10,16)17/h9-10,19-22H,4-8H2,1-3H3/t10?,11-/m1/s1. The lowest BCUT2D eigenvalue weighted by molar-refractivity contribution is -0.326. The topological polar surface area (TPSA) is 84.2 Å². The summed E-state index contributed by atoms with van der Waals surface area (Å²) in [6.45, 7) is 4.56. The summed E-state index contributed by atoms with van der Waals surface area (Å²) in [7, 11) is 0. The molecule has 2 aliphatic carbocycles. The molecule has 0 radical (unpaired) electrons. The van der Waals surface area contributed by atoms with Gasteiger partial charge in [0.25, 0.3) is 5.92 Å². The second-order valence-electron chi connectivity index (χ2n) is 7.96. The first-order valence-corrected chi connectivity index (χ1v) is 7.85. The average Bonchev–Trinajstić information content (AvgIpc) is 3.21. The summed E-state index contributed by atoms with van der Waals surface area (Å²) in [5.74, 6) is -8.86. The van der Waals surface area contributed by atoms with Gasteiger partial charge in [-0.2, -0.15) is 0 Å². The highest BCUT2D eigenvalue weighted by atomic mass is 19.3. The fourth-order valence-corrected chi connectivity index (χ4v) is 4.35. The minimum absolute atomic E-state index is 0.0512. The van der Waals surface area contributed by atoms with Crippen LogP contribution in [0.15, 0.2) is 0 Å². The van der Waals surface area contributed by atoms with Gasteiger partial charge in [0, 0.05) is 36.6 Å². The van der Waals surface area contributed by atoms with Crippen LogP contribution in [0.5, 0.6) is 0 Å². The monoisotopic (exact) mass is 321 g/mol. The Bertz CT molecular complexity index is 490. The maximum Gasteiger partial charge on any atom is 0.252 e. The van der Waals surface area contributed by atoms with E-state index in [1.807, 2.05) is 0 Å². The Morgan fingerprint density at radius 2 is 1.73 bits per heavy atom. The van der Waals surface area contributed by atoms with Gasteiger partial charge in [-0.05, 0) is 19.8 Å². The van der Waals surface area contributed by atoms with Crippen molar-refractivity contribution in [1.82, 2.24) is 4.90 Å². The minimum atomic E-state index is -2.80. The molecule has 5 nitrogen and oxygen atoms in total. The van der Waals surface area contributed by atoms with Crippen molar-refractivity contribution in [2.45, 2.75) is 69.6 Å². The average molecular weight is 321 g/mol. The first kappa shape index (κ1) is 16.5. The number of likely N-dealkylation sites (tertiary alicyclic amines) is 1. The lowest BCUT2D eigenvalue weighted by Crippen LogP contribution is -2.69. The molecule has 0 bridgehead atoms. The molecule has 3 rings (SSSR count). The number of aliphatic hydroxyl groups is 4. The molecule has 0 aromatic rings. The van der Waals surface area contributed by atoms with Crippen LogP contribution in [0.3, 0.4) is 0 Å². The zero-order valence-electron chi connectivity index (χ0n) is 13.2. The van der Waals surface area contributed by atoms with E-state index in [9.17, 15) is 29.2 Å². The summed E-state index contributed by atoms with van der Waals surface area (Å²) in [5.41, 5.74) is -2.04. The highest BCUT2D eigenvalue weighted by Crippen LogP contribution is 2.70. The number of hydrogen-bond acceptors (Lipinski definition) is 5. The Balaban J connectivity index is 2.00. The molecule has 0 amide bonds. The van der Waals surface area contributed by atoms with Crippen LogP contribution in [0.25, 0.3) is 0 Å². The smallest absolute Gasteiger partial charge is 0.252 e. The Morgan fingerprint density at radius 1 is 1.23 bits per heavy atom. The maximum atomic E-state index is 13.3. The van der Waals surface area contributed by atoms with E-state index in [0.717, 1.165) is 4.90 Å². The van der Waals surface area contributed by atoms with Crippen LogP contribution in [-0.2, 0) is 0 Å². The summed E-state index contributed by atoms with van der Waals surface area (Å²) in [6.07, 6.45) is 0.900. The molecule has 7 heteroatoms. The SMILES string of the molecule is CC(C)C(O)(O)[C@]1(C)N(CC2CC2(F)F)C(O)(O)CC12CC2. The van der Waals surface area contributed by atoms with Gasteiger partial charge < -0.3 is 20.4 Å². The van der Waals surface area contributed by atoms with Gasteiger partial charge in [0.15, 0.2) is 5.79 Å². The van der Waals surface area contributed by atoms with Crippen molar-refractivity contribution in [2.24, 2.45) is 17.3 Å². The van der Waals surface area contributed by atoms with E-state index >= 15 is 0 Å². The molecule has 3 fully saturated rings. The molecule has 1 aliphatic heterocycles. The van der Waals surface area contributed by atoms with Crippen molar-refractivity contribution < 1.29 is 29.2 Å². The summed E-state index contributed by atoms with van der Waals surface area (Å²) in [6, 6.07) is 0. The second kappa shape index (κ2) is 4.19. The van der Waals surface area contributed by atoms with Gasteiger partial charge in [0.2, 0.25) is 5.91 Å². The molecule has 3 aliphatic rings. The van der Waals surface area contributed by atoms with E-state index in [1.165, 1.54) is 0 Å². The minimum Gasteiger partial charge on any atom is -0.364 e. The van der Waals surface area contributed by atoms with E-state index in [-0.39, 0.29) is 19.4 Å². The van der Waals surface area contributed by atoms with Gasteiger partial charge in [0.1, 0.15) is 0 Å². The van der Waals surface area contributed by atoms with Crippen LogP contribution in [0.1, 0.15) is 46.5 Å². The van der Waals surface area contributed by atoms with Crippen molar-refractivity contribution in [3.63, 3.8) is 0 Å². The summed E-state index contributed by atoms with van der Waals surface area (Å²) >= 11 is 0. The molecule has 1 spiro atoms. The van der Waals surface area contributed by atoms with Gasteiger partial charge in [-0.1, -0.05) is 13.8 Å². The Kier molecular flexibility index (Phi) is 3.14. The molecule has 2 saturated carbocycles. The number of nitrogens with zero attached hydrogens (tertiary/aromatic N) is 1. The normalized spacial score (nSPS) is 38.7. The number of halogens is 2. The predicted octanol–water partition coefficient (Wildman–Crippen LogP) is 0.862. The third kappa shape index (κ3) is 1.92. The zero-order valence-corrected chi connectivity index (χ0v) is 13.2. The zero-order chi connectivity index (χ0) is 16.8. The largest absolute Gasteiger partial charge is 0.364 e. The van der Waals surface area contributed by atoms with Crippen LogP contribution in [0, 0.1) is 17.3 Å². The predicted molar refractivity (Wildman–Crippen MR) is 73.6 cm³/mol. The third-order valence-corrected chi connectivity index (χ3v) is 6.31. The van der Waals surface area contributed by atoms with Gasteiger partial charge in [0.05, 0.1) is 5.54 Å². The van der Waals surface area contributed by atoms with E-state index in [1.54, 1.807) is 20.8 Å². The van der Waals surface area contributed by atoms with E-state index in [4.69, 9.17) is 0 Å². The fraction of sp³-hybridized carbons (Fsp3) is 1.00. The number of hydrogen-bond donors (Lipinski definition) is 4. The van der Waals surface area contributed by atoms with Gasteiger partial charge in [-0.3, -0.25) is 0 Å². The Morgan fingerprint density at radius 3 is 2.09 bits per heavy atom. The Hall–Kier alpha value is -0.340. The van der Waals surface area contributed by atoms with Gasteiger partial charge >= 0.3 is 0 Å². The first-order chi connectivity index (χ1) is 9.80. The lowest BCUT2D eigenvalue weighted by atomic mass is 9.72. The highest BCUT2D eigenvalue weighted by Gasteiger charge is 2.78. The molecule has 1 unspecified atom stereocenters. The van der Waals surface area contributed by atoms with Crippen LogP contribution < -0.4 is 0 Å². The number of rotatable bonds is 4. The highest BCUT2D eigenvalue weighted by molar-refractivity contribution is 5.24. The van der Waals surface area contributed by atoms with Crippen molar-refractivity contribution in [3.8, 4) is 0 Å². The molecule has 4 N–H and O–H groups in total. The maximum absolute atomic E-state index is 13.3. The summed E-state index contributed by atoms with van der Waals surface area (Å²) in [5, 5.41) is 42.1. The lowest BCUT2D eigenvalue weighted by Gasteiger charge is -2.51. The number of alkyl halides is 2. The van der Waals surface area contributed by atoms with Gasteiger partial charge in [-0.25, -0.2) is 13.7 Å². The van der Waals surface area contributed by atoms with Crippen molar-refractivity contribution in [1.29, 1.82) is 0 Å². The molecular formula is C15H25F2NO4. The van der Waals surface area contributed by atoms with Crippen LogP contribution >= 0.6 is 0 Å². The van der Waals surface area contributed by atoms with E-state index < -0.39 is 40.4 Å². The van der Waals surface area contributed by atoms with Crippen molar-refractivity contribution >= 4 is 0 Å². The van der Waals surface area contributed by atoms with Crippen LogP contribution in [-0.4, -0.2) is 55.0 Å².